The van der Waals surface area contributed by atoms with Crippen molar-refractivity contribution in [3.8, 4) is 5.75 Å². The number of halogens is 1. The molecule has 2 aromatic heterocycles. The van der Waals surface area contributed by atoms with Crippen molar-refractivity contribution < 1.29 is 19.6 Å². The smallest absolute Gasteiger partial charge is 0.341 e. The van der Waals surface area contributed by atoms with Gasteiger partial charge in [0.05, 0.1) is 11.2 Å². The van der Waals surface area contributed by atoms with Crippen LogP contribution in [-0.4, -0.2) is 59.7 Å². The van der Waals surface area contributed by atoms with Crippen molar-refractivity contribution in [2.45, 2.75) is 13.0 Å². The summed E-state index contributed by atoms with van der Waals surface area (Å²) in [6.07, 6.45) is 4.65. The summed E-state index contributed by atoms with van der Waals surface area (Å²) in [6, 6.07) is 5.10. The van der Waals surface area contributed by atoms with Crippen LogP contribution in [0.2, 0.25) is 5.02 Å². The van der Waals surface area contributed by atoms with Gasteiger partial charge in [-0.15, -0.1) is 0 Å². The fraction of sp³-hybridized carbons (Fsp3) is 0.350. The van der Waals surface area contributed by atoms with Gasteiger partial charge in [-0.1, -0.05) is 16.6 Å². The third-order valence-corrected chi connectivity index (χ3v) is 4.87. The number of H-pyrrole nitrogens is 2. The normalized spacial score (nSPS) is 11.2. The van der Waals surface area contributed by atoms with E-state index in [-0.39, 0.29) is 0 Å². The SMILES string of the molecule is CNCCCN(C)Cc1c[nH]c2[nH+]cnc(Nc3ccc(Cl)c(OCC(=O)O)c3)c12. The highest BCUT2D eigenvalue weighted by Gasteiger charge is 2.18. The molecule has 0 aliphatic rings. The number of nitrogens with zero attached hydrogens (tertiary/aromatic N) is 2. The molecule has 160 valence electrons. The number of aliphatic carboxylic acids is 1. The second kappa shape index (κ2) is 10.2. The summed E-state index contributed by atoms with van der Waals surface area (Å²) in [7, 11) is 4.04. The number of carboxylic acids is 1. The molecule has 0 fully saturated rings. The lowest BCUT2D eigenvalue weighted by molar-refractivity contribution is -0.352. The minimum atomic E-state index is -1.07. The van der Waals surface area contributed by atoms with Crippen molar-refractivity contribution in [2.75, 3.05) is 39.1 Å². The predicted octanol–water partition coefficient (Wildman–Crippen LogP) is 2.28. The van der Waals surface area contributed by atoms with E-state index in [1.165, 1.54) is 0 Å². The quantitative estimate of drug-likeness (QED) is 0.343. The molecule has 9 nitrogen and oxygen atoms in total. The summed E-state index contributed by atoms with van der Waals surface area (Å²) >= 11 is 6.11. The molecule has 0 saturated carbocycles. The minimum absolute atomic E-state index is 0.293. The van der Waals surface area contributed by atoms with Gasteiger partial charge in [-0.25, -0.2) is 9.78 Å². The number of anilines is 2. The molecular weight excluding hydrogens is 408 g/mol. The van der Waals surface area contributed by atoms with Gasteiger partial charge >= 0.3 is 5.97 Å². The van der Waals surface area contributed by atoms with Crippen molar-refractivity contribution in [1.29, 1.82) is 0 Å². The molecular formula is C20H26ClN6O3+. The third-order valence-electron chi connectivity index (χ3n) is 4.55. The van der Waals surface area contributed by atoms with Crippen LogP contribution in [0.1, 0.15) is 12.0 Å². The molecule has 0 bridgehead atoms. The Kier molecular flexibility index (Phi) is 7.45. The highest BCUT2D eigenvalue weighted by Crippen LogP contribution is 2.31. The van der Waals surface area contributed by atoms with Gasteiger partial charge in [0, 0.05) is 23.9 Å². The number of benzene rings is 1. The Morgan fingerprint density at radius 3 is 3.03 bits per heavy atom. The number of aromatic nitrogens is 3. The van der Waals surface area contributed by atoms with Gasteiger partial charge in [0.1, 0.15) is 11.1 Å². The lowest BCUT2D eigenvalue weighted by Crippen LogP contribution is -2.22. The Labute approximate surface area is 179 Å². The van der Waals surface area contributed by atoms with Gasteiger partial charge in [-0.05, 0) is 45.7 Å². The molecule has 0 aliphatic carbocycles. The van der Waals surface area contributed by atoms with E-state index in [0.717, 1.165) is 42.7 Å². The summed E-state index contributed by atoms with van der Waals surface area (Å²) < 4.78 is 5.26. The molecule has 1 aromatic carbocycles. The number of aromatic amines is 2. The Bertz CT molecular complexity index is 1010. The van der Waals surface area contributed by atoms with Crippen LogP contribution >= 0.6 is 11.6 Å². The molecule has 10 heteroatoms. The molecule has 0 spiro atoms. The van der Waals surface area contributed by atoms with Gasteiger partial charge < -0.3 is 25.4 Å². The number of carboxylic acid groups (broad SMARTS) is 1. The average Bonchev–Trinajstić information content (AvgIpc) is 3.12. The lowest BCUT2D eigenvalue weighted by Gasteiger charge is -2.15. The van der Waals surface area contributed by atoms with Crippen molar-refractivity contribution in [3.63, 3.8) is 0 Å². The summed E-state index contributed by atoms with van der Waals surface area (Å²) in [6.45, 7) is 2.25. The maximum absolute atomic E-state index is 10.8. The molecule has 0 amide bonds. The highest BCUT2D eigenvalue weighted by molar-refractivity contribution is 6.32. The second-order valence-corrected chi connectivity index (χ2v) is 7.37. The number of rotatable bonds is 11. The van der Waals surface area contributed by atoms with Gasteiger partial charge in [0.15, 0.2) is 6.61 Å². The van der Waals surface area contributed by atoms with Crippen molar-refractivity contribution in [2.24, 2.45) is 0 Å². The molecule has 5 N–H and O–H groups in total. The monoisotopic (exact) mass is 433 g/mol. The van der Waals surface area contributed by atoms with E-state index >= 15 is 0 Å². The van der Waals surface area contributed by atoms with E-state index in [9.17, 15) is 4.79 Å². The maximum atomic E-state index is 10.8. The van der Waals surface area contributed by atoms with Crippen molar-refractivity contribution >= 4 is 40.1 Å². The molecule has 0 saturated heterocycles. The molecule has 3 rings (SSSR count). The van der Waals surface area contributed by atoms with Crippen LogP contribution in [0, 0.1) is 0 Å². The van der Waals surface area contributed by atoms with Gasteiger partial charge in [-0.2, -0.15) is 0 Å². The molecule has 2 heterocycles. The van der Waals surface area contributed by atoms with Crippen molar-refractivity contribution in [1.82, 2.24) is 20.2 Å². The van der Waals surface area contributed by atoms with E-state index in [2.05, 4.69) is 37.5 Å². The van der Waals surface area contributed by atoms with Crippen LogP contribution in [0.4, 0.5) is 11.5 Å². The van der Waals surface area contributed by atoms with E-state index in [1.807, 2.05) is 13.2 Å². The number of hydrogen-bond acceptors (Lipinski definition) is 6. The topological polar surface area (TPSA) is 117 Å². The summed E-state index contributed by atoms with van der Waals surface area (Å²) in [5.41, 5.74) is 2.66. The zero-order chi connectivity index (χ0) is 21.5. The number of ether oxygens (including phenoxy) is 1. The first kappa shape index (κ1) is 21.8. The predicted molar refractivity (Wildman–Crippen MR) is 115 cm³/mol. The molecule has 0 atom stereocenters. The second-order valence-electron chi connectivity index (χ2n) is 6.96. The largest absolute Gasteiger partial charge is 0.480 e. The Morgan fingerprint density at radius 2 is 2.27 bits per heavy atom. The fourth-order valence-corrected chi connectivity index (χ4v) is 3.33. The van der Waals surface area contributed by atoms with E-state index in [0.29, 0.717) is 22.3 Å². The van der Waals surface area contributed by atoms with Crippen LogP contribution in [-0.2, 0) is 11.3 Å². The van der Waals surface area contributed by atoms with Gasteiger partial charge in [-0.3, -0.25) is 4.98 Å². The number of nitrogens with one attached hydrogen (secondary N) is 4. The summed E-state index contributed by atoms with van der Waals surface area (Å²) in [4.78, 5) is 23.9. The fourth-order valence-electron chi connectivity index (χ4n) is 3.16. The van der Waals surface area contributed by atoms with Gasteiger partial charge in [0.25, 0.3) is 0 Å². The maximum Gasteiger partial charge on any atom is 0.341 e. The summed E-state index contributed by atoms with van der Waals surface area (Å²) in [5, 5.41) is 16.6. The zero-order valence-electron chi connectivity index (χ0n) is 17.0. The van der Waals surface area contributed by atoms with Crippen LogP contribution in [0.5, 0.6) is 5.75 Å². The zero-order valence-corrected chi connectivity index (χ0v) is 17.7. The number of fused-ring (bicyclic) bond motifs is 1. The van der Waals surface area contributed by atoms with E-state index in [4.69, 9.17) is 21.4 Å². The van der Waals surface area contributed by atoms with E-state index in [1.54, 1.807) is 24.5 Å². The van der Waals surface area contributed by atoms with Crippen LogP contribution in [0.3, 0.4) is 0 Å². The van der Waals surface area contributed by atoms with Crippen LogP contribution < -0.4 is 20.4 Å². The number of hydrogen-bond donors (Lipinski definition) is 4. The minimum Gasteiger partial charge on any atom is -0.480 e. The van der Waals surface area contributed by atoms with Crippen molar-refractivity contribution in [3.05, 3.63) is 41.3 Å². The number of carbonyl (C=O) groups is 1. The van der Waals surface area contributed by atoms with Gasteiger partial charge in [0.2, 0.25) is 17.8 Å². The highest BCUT2D eigenvalue weighted by atomic mass is 35.5. The molecule has 30 heavy (non-hydrogen) atoms. The molecule has 0 radical (unpaired) electrons. The molecule has 0 unspecified atom stereocenters. The summed E-state index contributed by atoms with van der Waals surface area (Å²) in [5.74, 6) is -0.0984. The molecule has 0 aliphatic heterocycles. The van der Waals surface area contributed by atoms with Crippen LogP contribution in [0.25, 0.3) is 11.0 Å². The first-order valence-electron chi connectivity index (χ1n) is 9.59. The Hall–Kier alpha value is -2.88. The van der Waals surface area contributed by atoms with E-state index < -0.39 is 12.6 Å². The van der Waals surface area contributed by atoms with Crippen LogP contribution in [0.15, 0.2) is 30.7 Å². The first-order valence-corrected chi connectivity index (χ1v) is 9.96. The Morgan fingerprint density at radius 1 is 1.43 bits per heavy atom. The molecule has 3 aromatic rings. The standard InChI is InChI=1S/C20H25ClN6O3/c1-22-6-3-7-27(2)10-13-9-23-19-18(13)20(25-12-24-19)26-14-4-5-15(21)16(8-14)30-11-17(28)29/h4-5,8-9,12,22H,3,6-7,10-11H2,1-2H3,(H,28,29)(H2,23,24,25,26)/p+1. The Balaban J connectivity index is 1.82. The third kappa shape index (κ3) is 5.59. The average molecular weight is 434 g/mol. The first-order chi connectivity index (χ1) is 14.5. The lowest BCUT2D eigenvalue weighted by atomic mass is 10.2.